The lowest BCUT2D eigenvalue weighted by atomic mass is 10.2. The SMILES string of the molecule is C#CC(C)(C)Oc1nc(Cl)c(C(=O)O)s1. The fourth-order valence-corrected chi connectivity index (χ4v) is 1.81. The number of ether oxygens (including phenoxy) is 1. The van der Waals surface area contributed by atoms with Crippen LogP contribution in [-0.2, 0) is 0 Å². The maximum Gasteiger partial charge on any atom is 0.349 e. The first kappa shape index (κ1) is 11.8. The Balaban J connectivity index is 2.95. The standard InChI is InChI=1S/C9H8ClNO3S/c1-4-9(2,3)14-8-11-6(10)5(15-8)7(12)13/h1H,2-3H3,(H,12,13). The molecule has 0 aliphatic rings. The number of hydrogen-bond donors (Lipinski definition) is 1. The van der Waals surface area contributed by atoms with Crippen LogP contribution in [0, 0.1) is 12.3 Å². The summed E-state index contributed by atoms with van der Waals surface area (Å²) in [7, 11) is 0. The van der Waals surface area contributed by atoms with Crippen LogP contribution in [-0.4, -0.2) is 21.7 Å². The second-order valence-corrected chi connectivity index (χ2v) is 4.48. The molecule has 80 valence electrons. The van der Waals surface area contributed by atoms with E-state index < -0.39 is 11.6 Å². The van der Waals surface area contributed by atoms with Gasteiger partial charge in [0.2, 0.25) is 0 Å². The van der Waals surface area contributed by atoms with E-state index in [1.54, 1.807) is 13.8 Å². The fourth-order valence-electron chi connectivity index (χ4n) is 0.706. The molecule has 1 aromatic rings. The van der Waals surface area contributed by atoms with E-state index >= 15 is 0 Å². The van der Waals surface area contributed by atoms with E-state index in [-0.39, 0.29) is 15.2 Å². The van der Waals surface area contributed by atoms with E-state index in [2.05, 4.69) is 10.9 Å². The highest BCUT2D eigenvalue weighted by atomic mass is 35.5. The van der Waals surface area contributed by atoms with E-state index in [9.17, 15) is 4.79 Å². The van der Waals surface area contributed by atoms with Gasteiger partial charge in [-0.3, -0.25) is 0 Å². The van der Waals surface area contributed by atoms with Crippen LogP contribution in [0.1, 0.15) is 23.5 Å². The topological polar surface area (TPSA) is 59.4 Å². The Morgan fingerprint density at radius 3 is 2.73 bits per heavy atom. The maximum absolute atomic E-state index is 10.7. The smallest absolute Gasteiger partial charge is 0.349 e. The van der Waals surface area contributed by atoms with Crippen molar-refractivity contribution in [1.29, 1.82) is 0 Å². The van der Waals surface area contributed by atoms with Crippen molar-refractivity contribution in [3.05, 3.63) is 10.0 Å². The molecule has 0 saturated heterocycles. The third kappa shape index (κ3) is 2.85. The summed E-state index contributed by atoms with van der Waals surface area (Å²) in [6.07, 6.45) is 5.21. The predicted molar refractivity (Wildman–Crippen MR) is 57.6 cm³/mol. The molecule has 0 saturated carbocycles. The number of hydrogen-bond acceptors (Lipinski definition) is 4. The number of carboxylic acids is 1. The molecule has 1 aromatic heterocycles. The highest BCUT2D eigenvalue weighted by Gasteiger charge is 2.22. The molecular weight excluding hydrogens is 238 g/mol. The van der Waals surface area contributed by atoms with E-state index in [0.717, 1.165) is 11.3 Å². The molecule has 1 heterocycles. The van der Waals surface area contributed by atoms with Crippen molar-refractivity contribution >= 4 is 28.9 Å². The third-order valence-corrected chi connectivity index (χ3v) is 2.76. The lowest BCUT2D eigenvalue weighted by Gasteiger charge is -2.16. The zero-order valence-electron chi connectivity index (χ0n) is 8.07. The van der Waals surface area contributed by atoms with Gasteiger partial charge in [-0.05, 0) is 13.8 Å². The van der Waals surface area contributed by atoms with Gasteiger partial charge in [0.15, 0.2) is 15.6 Å². The highest BCUT2D eigenvalue weighted by Crippen LogP contribution is 2.30. The number of nitrogens with zero attached hydrogens (tertiary/aromatic N) is 1. The second-order valence-electron chi connectivity index (χ2n) is 3.16. The molecule has 4 nitrogen and oxygen atoms in total. The number of terminal acetylenes is 1. The van der Waals surface area contributed by atoms with E-state index in [1.807, 2.05) is 0 Å². The largest absolute Gasteiger partial charge is 0.477 e. The Labute approximate surface area is 95.9 Å². The van der Waals surface area contributed by atoms with Gasteiger partial charge < -0.3 is 9.84 Å². The quantitative estimate of drug-likeness (QED) is 0.830. The Morgan fingerprint density at radius 1 is 1.73 bits per heavy atom. The summed E-state index contributed by atoms with van der Waals surface area (Å²) >= 11 is 6.45. The molecule has 1 N–H and O–H groups in total. The fraction of sp³-hybridized carbons (Fsp3) is 0.333. The van der Waals surface area contributed by atoms with Crippen molar-refractivity contribution in [3.8, 4) is 17.5 Å². The van der Waals surface area contributed by atoms with Crippen LogP contribution in [0.2, 0.25) is 5.15 Å². The van der Waals surface area contributed by atoms with Crippen LogP contribution in [0.4, 0.5) is 0 Å². The van der Waals surface area contributed by atoms with E-state index in [0.29, 0.717) is 0 Å². The molecule has 15 heavy (non-hydrogen) atoms. The molecule has 0 spiro atoms. The molecule has 0 bridgehead atoms. The summed E-state index contributed by atoms with van der Waals surface area (Å²) in [4.78, 5) is 14.4. The minimum absolute atomic E-state index is 0.0560. The normalized spacial score (nSPS) is 10.8. The van der Waals surface area contributed by atoms with Gasteiger partial charge in [0, 0.05) is 0 Å². The van der Waals surface area contributed by atoms with Crippen molar-refractivity contribution in [3.63, 3.8) is 0 Å². The van der Waals surface area contributed by atoms with Crippen molar-refractivity contribution in [1.82, 2.24) is 4.98 Å². The molecule has 0 unspecified atom stereocenters. The Hall–Kier alpha value is -1.25. The predicted octanol–water partition coefficient (Wildman–Crippen LogP) is 2.29. The summed E-state index contributed by atoms with van der Waals surface area (Å²) in [5.41, 5.74) is -0.836. The Morgan fingerprint density at radius 2 is 2.33 bits per heavy atom. The van der Waals surface area contributed by atoms with Gasteiger partial charge in [-0.1, -0.05) is 28.9 Å². The molecule has 0 amide bonds. The number of rotatable bonds is 3. The van der Waals surface area contributed by atoms with E-state index in [4.69, 9.17) is 27.9 Å². The van der Waals surface area contributed by atoms with Crippen LogP contribution in [0.5, 0.6) is 5.19 Å². The minimum Gasteiger partial charge on any atom is -0.477 e. The van der Waals surface area contributed by atoms with Gasteiger partial charge in [-0.25, -0.2) is 4.79 Å². The molecule has 6 heteroatoms. The number of halogens is 1. The number of carbonyl (C=O) groups is 1. The zero-order valence-corrected chi connectivity index (χ0v) is 9.65. The second kappa shape index (κ2) is 4.09. The van der Waals surface area contributed by atoms with Crippen LogP contribution in [0.25, 0.3) is 0 Å². The van der Waals surface area contributed by atoms with Crippen molar-refractivity contribution in [2.45, 2.75) is 19.4 Å². The molecule has 0 aliphatic heterocycles. The third-order valence-electron chi connectivity index (χ3n) is 1.45. The zero-order chi connectivity index (χ0) is 11.6. The minimum atomic E-state index is -1.13. The first-order chi connectivity index (χ1) is 6.85. The monoisotopic (exact) mass is 245 g/mol. The van der Waals surface area contributed by atoms with Crippen molar-refractivity contribution < 1.29 is 14.6 Å². The van der Waals surface area contributed by atoms with Gasteiger partial charge in [-0.15, -0.1) is 6.42 Å². The Bertz CT molecular complexity index is 433. The summed E-state index contributed by atoms with van der Waals surface area (Å²) in [6, 6.07) is 0. The van der Waals surface area contributed by atoms with Gasteiger partial charge >= 0.3 is 5.97 Å². The number of thiazole rings is 1. The number of carboxylic acid groups (broad SMARTS) is 1. The molecule has 0 radical (unpaired) electrons. The molecule has 1 rings (SSSR count). The van der Waals surface area contributed by atoms with Gasteiger partial charge in [0.05, 0.1) is 0 Å². The lowest BCUT2D eigenvalue weighted by molar-refractivity contribution is 0.0702. The summed E-state index contributed by atoms with van der Waals surface area (Å²) in [6.45, 7) is 3.34. The summed E-state index contributed by atoms with van der Waals surface area (Å²) < 4.78 is 5.29. The van der Waals surface area contributed by atoms with E-state index in [1.165, 1.54) is 0 Å². The van der Waals surface area contributed by atoms with Crippen molar-refractivity contribution in [2.24, 2.45) is 0 Å². The lowest BCUT2D eigenvalue weighted by Crippen LogP contribution is -2.25. The van der Waals surface area contributed by atoms with Crippen LogP contribution < -0.4 is 4.74 Å². The average molecular weight is 246 g/mol. The molecular formula is C9H8ClNO3S. The molecule has 0 aromatic carbocycles. The van der Waals surface area contributed by atoms with Crippen LogP contribution in [0.15, 0.2) is 0 Å². The highest BCUT2D eigenvalue weighted by molar-refractivity contribution is 7.15. The van der Waals surface area contributed by atoms with Gasteiger partial charge in [0.25, 0.3) is 5.19 Å². The van der Waals surface area contributed by atoms with Crippen molar-refractivity contribution in [2.75, 3.05) is 0 Å². The molecule has 0 aliphatic carbocycles. The van der Waals surface area contributed by atoms with Crippen LogP contribution in [0.3, 0.4) is 0 Å². The first-order valence-corrected chi connectivity index (χ1v) is 5.11. The summed E-state index contributed by atoms with van der Waals surface area (Å²) in [5.74, 6) is 1.27. The Kier molecular flexibility index (Phi) is 3.22. The molecule has 0 fully saturated rings. The van der Waals surface area contributed by atoms with Crippen LogP contribution >= 0.6 is 22.9 Å². The number of aromatic carboxylic acids is 1. The van der Waals surface area contributed by atoms with Gasteiger partial charge in [-0.2, -0.15) is 4.98 Å². The molecule has 0 atom stereocenters. The maximum atomic E-state index is 10.7. The average Bonchev–Trinajstić information content (AvgIpc) is 2.46. The summed E-state index contributed by atoms with van der Waals surface area (Å²) in [5, 5.41) is 8.79. The number of aromatic nitrogens is 1. The van der Waals surface area contributed by atoms with Gasteiger partial charge in [0.1, 0.15) is 0 Å². The first-order valence-electron chi connectivity index (χ1n) is 3.92.